The zero-order valence-corrected chi connectivity index (χ0v) is 13.0. The topological polar surface area (TPSA) is 50.3 Å². The van der Waals surface area contributed by atoms with Crippen LogP contribution < -0.4 is 0 Å². The number of fused-ring (bicyclic) bond motifs is 1. The number of halogens is 1. The Morgan fingerprint density at radius 1 is 1.26 bits per heavy atom. The minimum Gasteiger partial charge on any atom is -0.232 e. The lowest BCUT2D eigenvalue weighted by Crippen LogP contribution is -2.49. The van der Waals surface area contributed by atoms with Crippen molar-refractivity contribution in [3.8, 4) is 0 Å². The molecule has 2 fully saturated rings. The first-order valence-corrected chi connectivity index (χ1v) is 9.35. The van der Waals surface area contributed by atoms with E-state index >= 15 is 0 Å². The molecule has 1 aromatic heterocycles. The highest BCUT2D eigenvalue weighted by Gasteiger charge is 2.40. The maximum Gasteiger partial charge on any atom is 0.254 e. The predicted octanol–water partition coefficient (Wildman–Crippen LogP) is 3.14. The average molecular weight is 321 g/mol. The summed E-state index contributed by atoms with van der Waals surface area (Å²) in [5.74, 6) is 0.542. The Kier molecular flexibility index (Phi) is 3.86. The van der Waals surface area contributed by atoms with E-state index in [2.05, 4.69) is 4.98 Å². The van der Waals surface area contributed by atoms with E-state index in [-0.39, 0.29) is 14.7 Å². The van der Waals surface area contributed by atoms with Gasteiger partial charge in [-0.2, -0.15) is 4.31 Å². The summed E-state index contributed by atoms with van der Waals surface area (Å²) in [5.41, 5.74) is 0. The molecule has 2 unspecified atom stereocenters. The SMILES string of the molecule is O=S(=O)(c1cnc(Cl)s1)N1CCCC2CCCCC21. The molecule has 0 N–H and O–H groups in total. The van der Waals surface area contributed by atoms with Gasteiger partial charge in [0, 0.05) is 12.6 Å². The molecule has 19 heavy (non-hydrogen) atoms. The number of hydrogen-bond donors (Lipinski definition) is 0. The summed E-state index contributed by atoms with van der Waals surface area (Å²) in [6.45, 7) is 0.638. The fraction of sp³-hybridized carbons (Fsp3) is 0.750. The van der Waals surface area contributed by atoms with Crippen molar-refractivity contribution in [2.45, 2.75) is 48.8 Å². The zero-order chi connectivity index (χ0) is 13.5. The molecule has 0 spiro atoms. The second kappa shape index (κ2) is 5.31. The highest BCUT2D eigenvalue weighted by molar-refractivity contribution is 7.91. The van der Waals surface area contributed by atoms with Crippen LogP contribution in [0.3, 0.4) is 0 Å². The monoisotopic (exact) mass is 320 g/mol. The van der Waals surface area contributed by atoms with E-state index in [1.54, 1.807) is 4.31 Å². The van der Waals surface area contributed by atoms with Crippen LogP contribution in [0.4, 0.5) is 0 Å². The van der Waals surface area contributed by atoms with Gasteiger partial charge in [-0.25, -0.2) is 13.4 Å². The molecule has 1 saturated heterocycles. The largest absolute Gasteiger partial charge is 0.254 e. The summed E-state index contributed by atoms with van der Waals surface area (Å²) in [5, 5.41) is 0. The fourth-order valence-electron chi connectivity index (χ4n) is 3.35. The maximum atomic E-state index is 12.7. The summed E-state index contributed by atoms with van der Waals surface area (Å²) >= 11 is 6.82. The Balaban J connectivity index is 1.91. The van der Waals surface area contributed by atoms with Crippen molar-refractivity contribution in [1.29, 1.82) is 0 Å². The Labute approximate surface area is 122 Å². The molecule has 2 atom stereocenters. The molecule has 1 aliphatic heterocycles. The third-order valence-corrected chi connectivity index (χ3v) is 7.69. The number of rotatable bonds is 2. The summed E-state index contributed by atoms with van der Waals surface area (Å²) in [6, 6.07) is 0.188. The quantitative estimate of drug-likeness (QED) is 0.841. The highest BCUT2D eigenvalue weighted by atomic mass is 35.5. The number of aromatic nitrogens is 1. The van der Waals surface area contributed by atoms with Gasteiger partial charge in [-0.05, 0) is 31.6 Å². The number of nitrogens with zero attached hydrogens (tertiary/aromatic N) is 2. The molecule has 0 amide bonds. The molecule has 2 aliphatic rings. The van der Waals surface area contributed by atoms with Crippen LogP contribution in [-0.2, 0) is 10.0 Å². The van der Waals surface area contributed by atoms with Crippen LogP contribution in [0.2, 0.25) is 4.47 Å². The van der Waals surface area contributed by atoms with Crippen molar-refractivity contribution < 1.29 is 8.42 Å². The van der Waals surface area contributed by atoms with Crippen molar-refractivity contribution >= 4 is 33.0 Å². The van der Waals surface area contributed by atoms with E-state index in [9.17, 15) is 8.42 Å². The van der Waals surface area contributed by atoms with Crippen LogP contribution in [0.25, 0.3) is 0 Å². The summed E-state index contributed by atoms with van der Waals surface area (Å²) in [7, 11) is -3.41. The van der Waals surface area contributed by atoms with Gasteiger partial charge >= 0.3 is 0 Å². The maximum absolute atomic E-state index is 12.7. The molecule has 2 heterocycles. The van der Waals surface area contributed by atoms with E-state index in [1.807, 2.05) is 0 Å². The first-order valence-electron chi connectivity index (χ1n) is 6.72. The lowest BCUT2D eigenvalue weighted by atomic mass is 9.79. The van der Waals surface area contributed by atoms with E-state index in [1.165, 1.54) is 25.5 Å². The standard InChI is InChI=1S/C12H17ClN2O2S2/c13-12-14-8-11(18-12)19(16,17)15-7-3-5-9-4-1-2-6-10(9)15/h8-10H,1-7H2. The van der Waals surface area contributed by atoms with Crippen LogP contribution in [0.1, 0.15) is 38.5 Å². The molecule has 1 saturated carbocycles. The lowest BCUT2D eigenvalue weighted by molar-refractivity contribution is 0.129. The second-order valence-corrected chi connectivity index (χ2v) is 9.03. The van der Waals surface area contributed by atoms with Gasteiger partial charge < -0.3 is 0 Å². The van der Waals surface area contributed by atoms with Crippen LogP contribution in [0.5, 0.6) is 0 Å². The summed E-state index contributed by atoms with van der Waals surface area (Å²) in [4.78, 5) is 3.86. The Bertz CT molecular complexity index is 556. The number of thiazole rings is 1. The van der Waals surface area contributed by atoms with Gasteiger partial charge in [0.05, 0.1) is 6.20 Å². The number of hydrogen-bond acceptors (Lipinski definition) is 4. The van der Waals surface area contributed by atoms with Gasteiger partial charge in [0.1, 0.15) is 0 Å². The van der Waals surface area contributed by atoms with Gasteiger partial charge in [-0.3, -0.25) is 0 Å². The minimum absolute atomic E-state index is 0.188. The molecule has 1 aliphatic carbocycles. The van der Waals surface area contributed by atoms with Gasteiger partial charge in [-0.15, -0.1) is 0 Å². The Morgan fingerprint density at radius 3 is 2.74 bits per heavy atom. The molecule has 7 heteroatoms. The van der Waals surface area contributed by atoms with E-state index in [0.717, 1.165) is 30.6 Å². The van der Waals surface area contributed by atoms with Crippen molar-refractivity contribution in [2.24, 2.45) is 5.92 Å². The Hall–Kier alpha value is -0.170. The van der Waals surface area contributed by atoms with Crippen LogP contribution in [-0.4, -0.2) is 30.3 Å². The predicted molar refractivity (Wildman–Crippen MR) is 76.0 cm³/mol. The molecular formula is C12H17ClN2O2S2. The third-order valence-electron chi connectivity index (χ3n) is 4.21. The van der Waals surface area contributed by atoms with E-state index < -0.39 is 10.0 Å². The molecule has 4 nitrogen and oxygen atoms in total. The Morgan fingerprint density at radius 2 is 2.00 bits per heavy atom. The smallest absolute Gasteiger partial charge is 0.232 e. The summed E-state index contributed by atoms with van der Waals surface area (Å²) < 4.78 is 27.7. The number of sulfonamides is 1. The van der Waals surface area contributed by atoms with Gasteiger partial charge in [0.15, 0.2) is 8.68 Å². The second-order valence-electron chi connectivity index (χ2n) is 5.30. The molecule has 0 bridgehead atoms. The van der Waals surface area contributed by atoms with Gasteiger partial charge in [0.25, 0.3) is 10.0 Å². The fourth-order valence-corrected chi connectivity index (χ4v) is 6.53. The molecule has 1 aromatic rings. The van der Waals surface area contributed by atoms with Crippen molar-refractivity contribution in [3.63, 3.8) is 0 Å². The van der Waals surface area contributed by atoms with Crippen LogP contribution >= 0.6 is 22.9 Å². The minimum atomic E-state index is -3.41. The van der Waals surface area contributed by atoms with Crippen LogP contribution in [0.15, 0.2) is 10.4 Å². The van der Waals surface area contributed by atoms with E-state index in [4.69, 9.17) is 11.6 Å². The molecule has 106 valence electrons. The van der Waals surface area contributed by atoms with Gasteiger partial charge in [0.2, 0.25) is 0 Å². The molecular weight excluding hydrogens is 304 g/mol. The normalized spacial score (nSPS) is 29.1. The molecule has 0 aromatic carbocycles. The summed E-state index contributed by atoms with van der Waals surface area (Å²) in [6.07, 6.45) is 8.05. The van der Waals surface area contributed by atoms with Crippen LogP contribution in [0, 0.1) is 5.92 Å². The first kappa shape index (κ1) is 13.8. The van der Waals surface area contributed by atoms with Crippen molar-refractivity contribution in [2.75, 3.05) is 6.54 Å². The van der Waals surface area contributed by atoms with E-state index in [0.29, 0.717) is 12.5 Å². The first-order chi connectivity index (χ1) is 9.09. The zero-order valence-electron chi connectivity index (χ0n) is 10.6. The number of piperidine rings is 1. The van der Waals surface area contributed by atoms with Gasteiger partial charge in [-0.1, -0.05) is 35.8 Å². The van der Waals surface area contributed by atoms with Crippen molar-refractivity contribution in [3.05, 3.63) is 10.7 Å². The third kappa shape index (κ3) is 2.55. The van der Waals surface area contributed by atoms with Crippen molar-refractivity contribution in [1.82, 2.24) is 9.29 Å². The lowest BCUT2D eigenvalue weighted by Gasteiger charge is -2.42. The average Bonchev–Trinajstić information content (AvgIpc) is 2.85. The highest BCUT2D eigenvalue weighted by Crippen LogP contribution is 2.39. The molecule has 3 rings (SSSR count). The molecule has 0 radical (unpaired) electrons.